The smallest absolute Gasteiger partial charge is 0.206 e. The van der Waals surface area contributed by atoms with Gasteiger partial charge < -0.3 is 5.32 Å². The molecule has 0 bridgehead atoms. The summed E-state index contributed by atoms with van der Waals surface area (Å²) >= 11 is 4.89. The summed E-state index contributed by atoms with van der Waals surface area (Å²) in [7, 11) is 1.84. The van der Waals surface area contributed by atoms with Crippen molar-refractivity contribution in [1.29, 1.82) is 0 Å². The van der Waals surface area contributed by atoms with E-state index in [1.807, 2.05) is 18.6 Å². The Labute approximate surface area is 93.8 Å². The molecule has 0 aliphatic carbocycles. The Morgan fingerprint density at radius 2 is 2.43 bits per heavy atom. The molecule has 4 nitrogen and oxygen atoms in total. The third kappa shape index (κ3) is 2.43. The van der Waals surface area contributed by atoms with Crippen LogP contribution in [0.25, 0.3) is 0 Å². The molecule has 0 unspecified atom stereocenters. The molecule has 7 heteroatoms. The Hall–Kier alpha value is -0.660. The molecule has 0 aliphatic heterocycles. The minimum atomic E-state index is 0.853. The van der Waals surface area contributed by atoms with Gasteiger partial charge in [-0.05, 0) is 0 Å². The van der Waals surface area contributed by atoms with Gasteiger partial charge in [-0.15, -0.1) is 21.5 Å². The lowest BCUT2D eigenvalue weighted by Crippen LogP contribution is -1.84. The highest BCUT2D eigenvalue weighted by Crippen LogP contribution is 2.28. The number of rotatable bonds is 4. The van der Waals surface area contributed by atoms with Crippen molar-refractivity contribution < 1.29 is 0 Å². The van der Waals surface area contributed by atoms with Crippen LogP contribution in [0, 0.1) is 0 Å². The Balaban J connectivity index is 1.92. The van der Waals surface area contributed by atoms with Crippen molar-refractivity contribution in [3.05, 3.63) is 16.6 Å². The van der Waals surface area contributed by atoms with E-state index in [0.717, 1.165) is 20.2 Å². The molecule has 2 aromatic rings. The Morgan fingerprint density at radius 1 is 1.50 bits per heavy atom. The molecule has 0 amide bonds. The Kier molecular flexibility index (Phi) is 3.33. The van der Waals surface area contributed by atoms with Crippen LogP contribution in [0.1, 0.15) is 5.01 Å². The van der Waals surface area contributed by atoms with E-state index in [-0.39, 0.29) is 0 Å². The van der Waals surface area contributed by atoms with E-state index >= 15 is 0 Å². The summed E-state index contributed by atoms with van der Waals surface area (Å²) < 4.78 is 0.976. The summed E-state index contributed by atoms with van der Waals surface area (Å²) in [5.41, 5.74) is 0. The minimum absolute atomic E-state index is 0.853. The van der Waals surface area contributed by atoms with Gasteiger partial charge in [-0.2, -0.15) is 0 Å². The number of nitrogens with zero attached hydrogens (tertiary/aromatic N) is 3. The highest BCUT2D eigenvalue weighted by molar-refractivity contribution is 8.00. The van der Waals surface area contributed by atoms with E-state index in [4.69, 9.17) is 0 Å². The van der Waals surface area contributed by atoms with E-state index in [1.165, 1.54) is 0 Å². The normalized spacial score (nSPS) is 10.4. The average Bonchev–Trinajstić information content (AvgIpc) is 2.86. The first-order valence-corrected chi connectivity index (χ1v) is 6.59. The van der Waals surface area contributed by atoms with Gasteiger partial charge in [0.05, 0.1) is 5.75 Å². The molecule has 0 spiro atoms. The van der Waals surface area contributed by atoms with Crippen molar-refractivity contribution in [1.82, 2.24) is 15.2 Å². The van der Waals surface area contributed by atoms with Crippen LogP contribution in [0.3, 0.4) is 0 Å². The predicted octanol–water partition coefficient (Wildman–Crippen LogP) is 2.33. The molecule has 0 radical (unpaired) electrons. The van der Waals surface area contributed by atoms with Gasteiger partial charge >= 0.3 is 0 Å². The molecule has 2 rings (SSSR count). The van der Waals surface area contributed by atoms with E-state index in [9.17, 15) is 0 Å². The number of thiazole rings is 1. The zero-order valence-corrected chi connectivity index (χ0v) is 9.88. The van der Waals surface area contributed by atoms with Crippen molar-refractivity contribution >= 4 is 39.6 Å². The number of thioether (sulfide) groups is 1. The number of nitrogens with one attached hydrogen (secondary N) is 1. The fraction of sp³-hybridized carbons (Fsp3) is 0.286. The lowest BCUT2D eigenvalue weighted by Gasteiger charge is -1.90. The first-order valence-electron chi connectivity index (χ1n) is 3.91. The molecular formula is C7H8N4S3. The summed E-state index contributed by atoms with van der Waals surface area (Å²) in [5.74, 6) is 0.871. The minimum Gasteiger partial charge on any atom is -0.363 e. The first kappa shape index (κ1) is 9.88. The molecule has 2 aromatic heterocycles. The fourth-order valence-electron chi connectivity index (χ4n) is 0.817. The van der Waals surface area contributed by atoms with Crippen molar-refractivity contribution in [3.63, 3.8) is 0 Å². The largest absolute Gasteiger partial charge is 0.363 e. The summed E-state index contributed by atoms with van der Waals surface area (Å²) in [4.78, 5) is 4.20. The zero-order valence-electron chi connectivity index (χ0n) is 7.43. The topological polar surface area (TPSA) is 50.7 Å². The van der Waals surface area contributed by atoms with E-state index in [0.29, 0.717) is 0 Å². The highest BCUT2D eigenvalue weighted by Gasteiger charge is 2.04. The molecular weight excluding hydrogens is 236 g/mol. The number of hydrogen-bond donors (Lipinski definition) is 1. The zero-order chi connectivity index (χ0) is 9.80. The van der Waals surface area contributed by atoms with Gasteiger partial charge in [0.25, 0.3) is 0 Å². The quantitative estimate of drug-likeness (QED) is 0.837. The van der Waals surface area contributed by atoms with Crippen molar-refractivity contribution in [2.75, 3.05) is 12.4 Å². The van der Waals surface area contributed by atoms with Gasteiger partial charge in [-0.3, -0.25) is 0 Å². The molecule has 0 aliphatic rings. The maximum Gasteiger partial charge on any atom is 0.206 e. The second-order valence-electron chi connectivity index (χ2n) is 2.34. The molecule has 1 N–H and O–H groups in total. The number of anilines is 1. The Bertz CT molecular complexity index is 383. The van der Waals surface area contributed by atoms with Gasteiger partial charge in [0.1, 0.15) is 5.01 Å². The van der Waals surface area contributed by atoms with Gasteiger partial charge in [-0.1, -0.05) is 23.1 Å². The third-order valence-electron chi connectivity index (χ3n) is 1.42. The van der Waals surface area contributed by atoms with E-state index < -0.39 is 0 Å². The van der Waals surface area contributed by atoms with Crippen molar-refractivity contribution in [2.45, 2.75) is 10.1 Å². The van der Waals surface area contributed by atoms with Gasteiger partial charge in [0.15, 0.2) is 4.34 Å². The molecule has 0 atom stereocenters. The Morgan fingerprint density at radius 3 is 3.07 bits per heavy atom. The second kappa shape index (κ2) is 4.72. The van der Waals surface area contributed by atoms with Gasteiger partial charge in [-0.25, -0.2) is 4.98 Å². The van der Waals surface area contributed by atoms with Crippen LogP contribution >= 0.6 is 34.4 Å². The maximum absolute atomic E-state index is 4.20. The standard InChI is InChI=1S/C7H8N4S3/c1-8-6-10-11-7(14-6)13-4-5-9-2-3-12-5/h2-3H,4H2,1H3,(H,8,10). The molecule has 2 heterocycles. The molecule has 0 saturated carbocycles. The van der Waals surface area contributed by atoms with Crippen LogP contribution in [0.2, 0.25) is 0 Å². The first-order chi connectivity index (χ1) is 6.88. The molecule has 0 aromatic carbocycles. The molecule has 14 heavy (non-hydrogen) atoms. The molecule has 0 saturated heterocycles. The summed E-state index contributed by atoms with van der Waals surface area (Å²) in [6.45, 7) is 0. The third-order valence-corrected chi connectivity index (χ3v) is 4.47. The van der Waals surface area contributed by atoms with Crippen LogP contribution in [0.15, 0.2) is 15.9 Å². The summed E-state index contributed by atoms with van der Waals surface area (Å²) in [5, 5.41) is 14.9. The van der Waals surface area contributed by atoms with Crippen LogP contribution < -0.4 is 5.32 Å². The fourth-order valence-corrected chi connectivity index (χ4v) is 3.17. The molecule has 74 valence electrons. The van der Waals surface area contributed by atoms with Crippen LogP contribution in [-0.4, -0.2) is 22.2 Å². The lowest BCUT2D eigenvalue weighted by molar-refractivity contribution is 1.01. The van der Waals surface area contributed by atoms with E-state index in [1.54, 1.807) is 34.4 Å². The molecule has 0 fully saturated rings. The summed E-state index contributed by atoms with van der Waals surface area (Å²) in [6.07, 6.45) is 1.82. The number of aromatic nitrogens is 3. The predicted molar refractivity (Wildman–Crippen MR) is 61.1 cm³/mol. The van der Waals surface area contributed by atoms with Crippen LogP contribution in [0.4, 0.5) is 5.13 Å². The average molecular weight is 244 g/mol. The number of hydrogen-bond acceptors (Lipinski definition) is 7. The van der Waals surface area contributed by atoms with Gasteiger partial charge in [0.2, 0.25) is 5.13 Å². The van der Waals surface area contributed by atoms with Crippen molar-refractivity contribution in [2.24, 2.45) is 0 Å². The monoisotopic (exact) mass is 244 g/mol. The lowest BCUT2D eigenvalue weighted by atomic mass is 10.8. The highest BCUT2D eigenvalue weighted by atomic mass is 32.2. The van der Waals surface area contributed by atoms with Gasteiger partial charge in [0, 0.05) is 18.6 Å². The van der Waals surface area contributed by atoms with Crippen molar-refractivity contribution in [3.8, 4) is 0 Å². The maximum atomic E-state index is 4.20. The second-order valence-corrected chi connectivity index (χ2v) is 5.52. The van der Waals surface area contributed by atoms with E-state index in [2.05, 4.69) is 20.5 Å². The van der Waals surface area contributed by atoms with Crippen LogP contribution in [-0.2, 0) is 5.75 Å². The van der Waals surface area contributed by atoms with Crippen LogP contribution in [0.5, 0.6) is 0 Å². The summed E-state index contributed by atoms with van der Waals surface area (Å²) in [6, 6.07) is 0. The SMILES string of the molecule is CNc1nnc(SCc2nccs2)s1.